The van der Waals surface area contributed by atoms with Crippen LogP contribution in [0.4, 0.5) is 5.69 Å². The third-order valence-electron chi connectivity index (χ3n) is 5.09. The first kappa shape index (κ1) is 17.2. The van der Waals surface area contributed by atoms with Crippen molar-refractivity contribution in [3.05, 3.63) is 59.9 Å². The molecule has 0 aliphatic carbocycles. The van der Waals surface area contributed by atoms with Crippen LogP contribution in [-0.4, -0.2) is 65.2 Å². The van der Waals surface area contributed by atoms with Gasteiger partial charge in [0.1, 0.15) is 6.54 Å². The van der Waals surface area contributed by atoms with Crippen molar-refractivity contribution in [1.29, 1.82) is 0 Å². The SMILES string of the molecule is O=C(CN1C(=O)Cc2ccccc2C1=O)N1CCN(c2ccncc2)CC1. The molecular formula is C20H20N4O3. The van der Waals surface area contributed by atoms with Gasteiger partial charge in [-0.3, -0.25) is 24.3 Å². The fourth-order valence-corrected chi connectivity index (χ4v) is 3.56. The Labute approximate surface area is 157 Å². The van der Waals surface area contributed by atoms with Crippen LogP contribution in [-0.2, 0) is 16.0 Å². The van der Waals surface area contributed by atoms with Crippen LogP contribution in [0.25, 0.3) is 0 Å². The number of rotatable bonds is 3. The molecule has 2 aromatic rings. The van der Waals surface area contributed by atoms with Gasteiger partial charge in [0.25, 0.3) is 5.91 Å². The smallest absolute Gasteiger partial charge is 0.261 e. The number of piperazine rings is 1. The number of hydrogen-bond acceptors (Lipinski definition) is 5. The standard InChI is InChI=1S/C20H20N4O3/c25-18-13-15-3-1-2-4-17(15)20(27)24(18)14-19(26)23-11-9-22(10-12-23)16-5-7-21-8-6-16/h1-8H,9-14H2. The second-order valence-corrected chi connectivity index (χ2v) is 6.69. The normalized spacial score (nSPS) is 17.1. The molecule has 0 spiro atoms. The predicted molar refractivity (Wildman–Crippen MR) is 99.2 cm³/mol. The number of imide groups is 1. The van der Waals surface area contributed by atoms with Crippen LogP contribution in [0.1, 0.15) is 15.9 Å². The molecule has 0 N–H and O–H groups in total. The molecule has 1 fully saturated rings. The van der Waals surface area contributed by atoms with E-state index >= 15 is 0 Å². The molecule has 0 radical (unpaired) electrons. The molecule has 0 atom stereocenters. The minimum absolute atomic E-state index is 0.158. The summed E-state index contributed by atoms with van der Waals surface area (Å²) in [5, 5.41) is 0. The van der Waals surface area contributed by atoms with Crippen molar-refractivity contribution in [2.75, 3.05) is 37.6 Å². The van der Waals surface area contributed by atoms with Crippen LogP contribution in [0.5, 0.6) is 0 Å². The Morgan fingerprint density at radius 3 is 2.41 bits per heavy atom. The van der Waals surface area contributed by atoms with E-state index < -0.39 is 0 Å². The van der Waals surface area contributed by atoms with Gasteiger partial charge in [-0.2, -0.15) is 0 Å². The Morgan fingerprint density at radius 2 is 1.67 bits per heavy atom. The number of aromatic nitrogens is 1. The van der Waals surface area contributed by atoms with Gasteiger partial charge >= 0.3 is 0 Å². The molecule has 4 rings (SSSR count). The summed E-state index contributed by atoms with van der Waals surface area (Å²) in [6, 6.07) is 10.9. The van der Waals surface area contributed by atoms with Crippen LogP contribution < -0.4 is 4.90 Å². The third kappa shape index (κ3) is 3.40. The molecular weight excluding hydrogens is 344 g/mol. The number of amides is 3. The van der Waals surface area contributed by atoms with Gasteiger partial charge in [-0.05, 0) is 23.8 Å². The number of carbonyl (C=O) groups is 3. The monoisotopic (exact) mass is 364 g/mol. The third-order valence-corrected chi connectivity index (χ3v) is 5.09. The average molecular weight is 364 g/mol. The molecule has 1 aromatic carbocycles. The summed E-state index contributed by atoms with van der Waals surface area (Å²) in [6.45, 7) is 2.35. The Balaban J connectivity index is 1.39. The molecule has 138 valence electrons. The highest BCUT2D eigenvalue weighted by Crippen LogP contribution is 2.20. The Bertz CT molecular complexity index is 876. The molecule has 2 aliphatic heterocycles. The molecule has 3 amide bonds. The molecule has 0 saturated carbocycles. The van der Waals surface area contributed by atoms with Gasteiger partial charge < -0.3 is 9.80 Å². The van der Waals surface area contributed by atoms with Crippen LogP contribution in [0.3, 0.4) is 0 Å². The summed E-state index contributed by atoms with van der Waals surface area (Å²) in [5.74, 6) is -0.890. The molecule has 1 saturated heterocycles. The van der Waals surface area contributed by atoms with Crippen molar-refractivity contribution < 1.29 is 14.4 Å². The number of nitrogens with zero attached hydrogens (tertiary/aromatic N) is 4. The number of benzene rings is 1. The van der Waals surface area contributed by atoms with Gasteiger partial charge in [0.15, 0.2) is 0 Å². The van der Waals surface area contributed by atoms with Crippen molar-refractivity contribution >= 4 is 23.4 Å². The minimum atomic E-state index is -0.384. The van der Waals surface area contributed by atoms with Crippen molar-refractivity contribution in [2.45, 2.75) is 6.42 Å². The lowest BCUT2D eigenvalue weighted by atomic mass is 9.98. The van der Waals surface area contributed by atoms with Crippen LogP contribution in [0, 0.1) is 0 Å². The summed E-state index contributed by atoms with van der Waals surface area (Å²) in [4.78, 5) is 46.6. The fourth-order valence-electron chi connectivity index (χ4n) is 3.56. The van der Waals surface area contributed by atoms with Crippen molar-refractivity contribution in [2.24, 2.45) is 0 Å². The lowest BCUT2D eigenvalue weighted by Crippen LogP contribution is -2.53. The highest BCUT2D eigenvalue weighted by molar-refractivity contribution is 6.11. The van der Waals surface area contributed by atoms with Crippen LogP contribution in [0.2, 0.25) is 0 Å². The van der Waals surface area contributed by atoms with E-state index in [9.17, 15) is 14.4 Å². The van der Waals surface area contributed by atoms with E-state index in [1.165, 1.54) is 0 Å². The topological polar surface area (TPSA) is 73.8 Å². The first-order valence-electron chi connectivity index (χ1n) is 8.99. The second kappa shape index (κ2) is 7.19. The van der Waals surface area contributed by atoms with Gasteiger partial charge in [-0.15, -0.1) is 0 Å². The number of pyridine rings is 1. The number of carbonyl (C=O) groups excluding carboxylic acids is 3. The zero-order chi connectivity index (χ0) is 18.8. The van der Waals surface area contributed by atoms with Crippen LogP contribution in [0.15, 0.2) is 48.8 Å². The molecule has 7 nitrogen and oxygen atoms in total. The summed E-state index contributed by atoms with van der Waals surface area (Å²) in [5.41, 5.74) is 2.31. The fraction of sp³-hybridized carbons (Fsp3) is 0.300. The zero-order valence-electron chi connectivity index (χ0n) is 14.9. The molecule has 2 aliphatic rings. The minimum Gasteiger partial charge on any atom is -0.368 e. The largest absolute Gasteiger partial charge is 0.368 e. The number of fused-ring (bicyclic) bond motifs is 1. The molecule has 3 heterocycles. The lowest BCUT2D eigenvalue weighted by Gasteiger charge is -2.37. The highest BCUT2D eigenvalue weighted by atomic mass is 16.2. The Morgan fingerprint density at radius 1 is 0.963 bits per heavy atom. The lowest BCUT2D eigenvalue weighted by molar-refractivity contribution is -0.138. The molecule has 27 heavy (non-hydrogen) atoms. The van der Waals surface area contributed by atoms with E-state index in [0.717, 1.165) is 16.2 Å². The summed E-state index contributed by atoms with van der Waals surface area (Å²) in [7, 11) is 0. The second-order valence-electron chi connectivity index (χ2n) is 6.69. The highest BCUT2D eigenvalue weighted by Gasteiger charge is 2.33. The van der Waals surface area contributed by atoms with Gasteiger partial charge in [0.05, 0.1) is 6.42 Å². The Hall–Kier alpha value is -3.22. The maximum Gasteiger partial charge on any atom is 0.261 e. The zero-order valence-corrected chi connectivity index (χ0v) is 14.9. The maximum atomic E-state index is 12.7. The molecule has 0 unspecified atom stereocenters. The summed E-state index contributed by atoms with van der Waals surface area (Å²) < 4.78 is 0. The van der Waals surface area contributed by atoms with E-state index in [1.807, 2.05) is 18.2 Å². The van der Waals surface area contributed by atoms with Gasteiger partial charge in [0, 0.05) is 49.8 Å². The van der Waals surface area contributed by atoms with Crippen molar-refractivity contribution in [1.82, 2.24) is 14.8 Å². The average Bonchev–Trinajstić information content (AvgIpc) is 2.72. The predicted octanol–water partition coefficient (Wildman–Crippen LogP) is 0.955. The first-order valence-corrected chi connectivity index (χ1v) is 8.99. The van der Waals surface area contributed by atoms with E-state index in [1.54, 1.807) is 35.5 Å². The van der Waals surface area contributed by atoms with E-state index in [0.29, 0.717) is 31.7 Å². The number of anilines is 1. The quantitative estimate of drug-likeness (QED) is 0.759. The Kier molecular flexibility index (Phi) is 4.58. The maximum absolute atomic E-state index is 12.7. The van der Waals surface area contributed by atoms with E-state index in [4.69, 9.17) is 0 Å². The molecule has 0 bridgehead atoms. The van der Waals surface area contributed by atoms with Crippen molar-refractivity contribution in [3.63, 3.8) is 0 Å². The van der Waals surface area contributed by atoms with Crippen LogP contribution >= 0.6 is 0 Å². The number of hydrogen-bond donors (Lipinski definition) is 0. The first-order chi connectivity index (χ1) is 13.1. The van der Waals surface area contributed by atoms with Crippen molar-refractivity contribution in [3.8, 4) is 0 Å². The van der Waals surface area contributed by atoms with Gasteiger partial charge in [-0.1, -0.05) is 18.2 Å². The van der Waals surface area contributed by atoms with Gasteiger partial charge in [-0.25, -0.2) is 0 Å². The van der Waals surface area contributed by atoms with Gasteiger partial charge in [0.2, 0.25) is 11.8 Å². The van der Waals surface area contributed by atoms with E-state index in [-0.39, 0.29) is 30.7 Å². The molecule has 7 heteroatoms. The van der Waals surface area contributed by atoms with E-state index in [2.05, 4.69) is 9.88 Å². The summed E-state index contributed by atoms with van der Waals surface area (Å²) in [6.07, 6.45) is 3.65. The molecule has 1 aromatic heterocycles. The summed E-state index contributed by atoms with van der Waals surface area (Å²) >= 11 is 0.